The summed E-state index contributed by atoms with van der Waals surface area (Å²) in [5, 5.41) is 0. The largest absolute Gasteiger partial charge is 0.324 e. The topological polar surface area (TPSA) is 32.5 Å². The summed E-state index contributed by atoms with van der Waals surface area (Å²) in [6.45, 7) is 10.3. The van der Waals surface area contributed by atoms with E-state index < -0.39 is 0 Å². The highest BCUT2D eigenvalue weighted by atomic mass is 15.3. The first-order valence-corrected chi connectivity index (χ1v) is 6.63. The van der Waals surface area contributed by atoms with Gasteiger partial charge in [0.25, 0.3) is 0 Å². The molecule has 3 atom stereocenters. The molecule has 1 aliphatic carbocycles. The molecule has 94 valence electrons. The smallest absolute Gasteiger partial charge is 0.0283 e. The van der Waals surface area contributed by atoms with Gasteiger partial charge in [-0.2, -0.15) is 0 Å². The molecule has 3 nitrogen and oxygen atoms in total. The number of rotatable bonds is 3. The average molecular weight is 225 g/mol. The molecule has 2 fully saturated rings. The van der Waals surface area contributed by atoms with Gasteiger partial charge in [0.2, 0.25) is 0 Å². The van der Waals surface area contributed by atoms with Gasteiger partial charge in [-0.1, -0.05) is 0 Å². The van der Waals surface area contributed by atoms with Crippen molar-refractivity contribution in [1.29, 1.82) is 0 Å². The molecule has 16 heavy (non-hydrogen) atoms. The molecule has 0 aromatic rings. The normalized spacial score (nSPS) is 37.3. The molecule has 0 bridgehead atoms. The fourth-order valence-electron chi connectivity index (χ4n) is 3.00. The molecule has 1 heterocycles. The molecule has 0 spiro atoms. The van der Waals surface area contributed by atoms with E-state index in [1.54, 1.807) is 0 Å². The van der Waals surface area contributed by atoms with Crippen LogP contribution in [0.5, 0.6) is 0 Å². The second-order valence-corrected chi connectivity index (χ2v) is 6.34. The third kappa shape index (κ3) is 2.58. The van der Waals surface area contributed by atoms with Crippen LogP contribution in [0.25, 0.3) is 0 Å². The Balaban J connectivity index is 1.90. The number of piperazine rings is 1. The summed E-state index contributed by atoms with van der Waals surface area (Å²) in [6, 6.07) is 1.30. The Bertz CT molecular complexity index is 236. The van der Waals surface area contributed by atoms with Crippen LogP contribution in [0.15, 0.2) is 0 Å². The van der Waals surface area contributed by atoms with Crippen molar-refractivity contribution in [1.82, 2.24) is 9.80 Å². The number of likely N-dealkylation sites (N-methyl/N-ethyl adjacent to an activating group) is 1. The van der Waals surface area contributed by atoms with Crippen molar-refractivity contribution in [3.63, 3.8) is 0 Å². The molecule has 0 radical (unpaired) electrons. The summed E-state index contributed by atoms with van der Waals surface area (Å²) < 4.78 is 0. The second kappa shape index (κ2) is 4.28. The summed E-state index contributed by atoms with van der Waals surface area (Å²) in [5.74, 6) is 0.776. The van der Waals surface area contributed by atoms with E-state index in [0.29, 0.717) is 12.1 Å². The molecule has 0 aromatic heterocycles. The van der Waals surface area contributed by atoms with Crippen molar-refractivity contribution in [2.24, 2.45) is 11.7 Å². The Morgan fingerprint density at radius 3 is 2.12 bits per heavy atom. The lowest BCUT2D eigenvalue weighted by Gasteiger charge is -2.45. The van der Waals surface area contributed by atoms with E-state index in [9.17, 15) is 0 Å². The molecule has 1 aliphatic heterocycles. The molecule has 2 N–H and O–H groups in total. The lowest BCUT2D eigenvalue weighted by atomic mass is 9.95. The Labute approximate surface area is 100.0 Å². The van der Waals surface area contributed by atoms with Crippen LogP contribution in [0, 0.1) is 5.92 Å². The van der Waals surface area contributed by atoms with Crippen LogP contribution in [0.1, 0.15) is 33.6 Å². The van der Waals surface area contributed by atoms with Gasteiger partial charge in [0, 0.05) is 37.3 Å². The first kappa shape index (κ1) is 12.3. The molecule has 1 saturated heterocycles. The van der Waals surface area contributed by atoms with Crippen molar-refractivity contribution in [2.45, 2.75) is 51.2 Å². The maximum absolute atomic E-state index is 6.42. The maximum atomic E-state index is 6.42. The van der Waals surface area contributed by atoms with E-state index >= 15 is 0 Å². The van der Waals surface area contributed by atoms with Crippen LogP contribution in [-0.4, -0.2) is 54.1 Å². The van der Waals surface area contributed by atoms with Gasteiger partial charge in [0.15, 0.2) is 0 Å². The third-order valence-electron chi connectivity index (χ3n) is 4.51. The van der Waals surface area contributed by atoms with E-state index in [4.69, 9.17) is 5.73 Å². The van der Waals surface area contributed by atoms with Crippen molar-refractivity contribution in [3.05, 3.63) is 0 Å². The van der Waals surface area contributed by atoms with Crippen molar-refractivity contribution < 1.29 is 0 Å². The van der Waals surface area contributed by atoms with Crippen LogP contribution in [0.3, 0.4) is 0 Å². The Hall–Kier alpha value is -0.120. The monoisotopic (exact) mass is 225 g/mol. The molecule has 2 aliphatic rings. The quantitative estimate of drug-likeness (QED) is 0.782. The summed E-state index contributed by atoms with van der Waals surface area (Å²) in [4.78, 5) is 5.04. The highest BCUT2D eigenvalue weighted by Crippen LogP contribution is 2.38. The molecular formula is C13H27N3. The number of nitrogens with two attached hydrogens (primary N) is 1. The zero-order valence-electron chi connectivity index (χ0n) is 11.2. The highest BCUT2D eigenvalue weighted by Gasteiger charge is 2.40. The van der Waals surface area contributed by atoms with Gasteiger partial charge >= 0.3 is 0 Å². The molecular weight excluding hydrogens is 198 g/mol. The van der Waals surface area contributed by atoms with E-state index in [-0.39, 0.29) is 5.54 Å². The Morgan fingerprint density at radius 2 is 1.69 bits per heavy atom. The zero-order chi connectivity index (χ0) is 11.9. The van der Waals surface area contributed by atoms with Gasteiger partial charge < -0.3 is 5.73 Å². The predicted molar refractivity (Wildman–Crippen MR) is 68.4 cm³/mol. The van der Waals surface area contributed by atoms with Gasteiger partial charge in [-0.05, 0) is 46.6 Å². The lowest BCUT2D eigenvalue weighted by molar-refractivity contribution is 0.0457. The Morgan fingerprint density at radius 1 is 1.19 bits per heavy atom. The van der Waals surface area contributed by atoms with Crippen molar-refractivity contribution >= 4 is 0 Å². The fourth-order valence-corrected chi connectivity index (χ4v) is 3.00. The summed E-state index contributed by atoms with van der Waals surface area (Å²) in [5.41, 5.74) is 6.46. The summed E-state index contributed by atoms with van der Waals surface area (Å²) in [6.07, 6.45) is 2.68. The van der Waals surface area contributed by atoms with Crippen LogP contribution in [-0.2, 0) is 0 Å². The van der Waals surface area contributed by atoms with E-state index in [0.717, 1.165) is 12.5 Å². The number of hydrogen-bond acceptors (Lipinski definition) is 3. The van der Waals surface area contributed by atoms with Crippen LogP contribution < -0.4 is 5.73 Å². The molecule has 0 aromatic carbocycles. The van der Waals surface area contributed by atoms with E-state index in [1.807, 2.05) is 0 Å². The van der Waals surface area contributed by atoms with Crippen LogP contribution in [0.4, 0.5) is 0 Å². The van der Waals surface area contributed by atoms with Crippen molar-refractivity contribution in [2.75, 3.05) is 26.7 Å². The van der Waals surface area contributed by atoms with E-state index in [2.05, 4.69) is 37.6 Å². The first-order valence-electron chi connectivity index (χ1n) is 6.63. The zero-order valence-corrected chi connectivity index (χ0v) is 11.2. The van der Waals surface area contributed by atoms with Crippen LogP contribution >= 0.6 is 0 Å². The molecule has 0 amide bonds. The summed E-state index contributed by atoms with van der Waals surface area (Å²) in [7, 11) is 2.23. The Kier molecular flexibility index (Phi) is 3.30. The van der Waals surface area contributed by atoms with Gasteiger partial charge in [-0.25, -0.2) is 0 Å². The third-order valence-corrected chi connectivity index (χ3v) is 4.51. The molecule has 2 rings (SSSR count). The van der Waals surface area contributed by atoms with Gasteiger partial charge in [-0.3, -0.25) is 9.80 Å². The average Bonchev–Trinajstić information content (AvgIpc) is 2.96. The lowest BCUT2D eigenvalue weighted by Crippen LogP contribution is -2.59. The molecule has 3 heteroatoms. The van der Waals surface area contributed by atoms with Crippen LogP contribution in [0.2, 0.25) is 0 Å². The highest BCUT2D eigenvalue weighted by molar-refractivity contribution is 4.98. The van der Waals surface area contributed by atoms with Gasteiger partial charge in [0.05, 0.1) is 0 Å². The fraction of sp³-hybridized carbons (Fsp3) is 1.00. The molecule has 1 saturated carbocycles. The standard InChI is InChI=1S/C13H27N3/c1-10-7-16(8-11(2)15(10)4)9-13(3,14)12-5-6-12/h10-12H,5-9,14H2,1-4H3. The SMILES string of the molecule is CC1CN(CC(C)(N)C2CC2)CC(C)N1C. The minimum Gasteiger partial charge on any atom is -0.324 e. The second-order valence-electron chi connectivity index (χ2n) is 6.34. The van der Waals surface area contributed by atoms with Gasteiger partial charge in [0.1, 0.15) is 0 Å². The minimum atomic E-state index is 0.0371. The van der Waals surface area contributed by atoms with Gasteiger partial charge in [-0.15, -0.1) is 0 Å². The van der Waals surface area contributed by atoms with E-state index in [1.165, 1.54) is 25.9 Å². The first-order chi connectivity index (χ1) is 7.40. The number of hydrogen-bond donors (Lipinski definition) is 1. The maximum Gasteiger partial charge on any atom is 0.0283 e. The van der Waals surface area contributed by atoms with Crippen molar-refractivity contribution in [3.8, 4) is 0 Å². The predicted octanol–water partition coefficient (Wildman–Crippen LogP) is 1.14. The summed E-state index contributed by atoms with van der Waals surface area (Å²) >= 11 is 0. The molecule has 3 unspecified atom stereocenters. The number of nitrogens with zero attached hydrogens (tertiary/aromatic N) is 2. The minimum absolute atomic E-state index is 0.0371.